The first-order valence-electron chi connectivity index (χ1n) is 6.61. The van der Waals surface area contributed by atoms with Crippen molar-refractivity contribution in [2.45, 2.75) is 26.8 Å². The normalized spacial score (nSPS) is 12.0. The average molecular weight is 332 g/mol. The van der Waals surface area contributed by atoms with E-state index in [2.05, 4.69) is 53.3 Å². The lowest BCUT2D eigenvalue weighted by Crippen LogP contribution is -2.27. The maximum Gasteiger partial charge on any atom is 0.252 e. The summed E-state index contributed by atoms with van der Waals surface area (Å²) in [5, 5.41) is 3.03. The molecule has 1 amide bonds. The van der Waals surface area contributed by atoms with Crippen molar-refractivity contribution in [3.8, 4) is 0 Å². The van der Waals surface area contributed by atoms with Crippen LogP contribution in [0.25, 0.3) is 0 Å². The number of hydrogen-bond donors (Lipinski definition) is 1. The van der Waals surface area contributed by atoms with Gasteiger partial charge in [0.05, 0.1) is 11.6 Å². The fourth-order valence-electron chi connectivity index (χ4n) is 2.04. The van der Waals surface area contributed by atoms with Gasteiger partial charge in [0.1, 0.15) is 0 Å². The molecule has 0 fully saturated rings. The Morgan fingerprint density at radius 2 is 1.80 bits per heavy atom. The molecule has 0 heterocycles. The van der Waals surface area contributed by atoms with Crippen LogP contribution >= 0.6 is 15.9 Å². The van der Waals surface area contributed by atoms with Gasteiger partial charge in [-0.1, -0.05) is 30.3 Å². The summed E-state index contributed by atoms with van der Waals surface area (Å²) < 4.78 is 0.810. The van der Waals surface area contributed by atoms with Crippen molar-refractivity contribution in [3.63, 3.8) is 0 Å². The number of rotatable bonds is 3. The standard InChI is InChI=1S/C17H18BrNO/c1-11-8-9-14(10-12(11)2)13(3)19-17(20)15-6-4-5-7-16(15)18/h4-10,13H,1-3H3,(H,19,20)/t13-/m1/s1. The highest BCUT2D eigenvalue weighted by Gasteiger charge is 2.13. The fourth-order valence-corrected chi connectivity index (χ4v) is 2.50. The topological polar surface area (TPSA) is 29.1 Å². The summed E-state index contributed by atoms with van der Waals surface area (Å²) in [4.78, 5) is 12.3. The van der Waals surface area contributed by atoms with Crippen LogP contribution in [0.1, 0.15) is 40.0 Å². The monoisotopic (exact) mass is 331 g/mol. The van der Waals surface area contributed by atoms with E-state index in [0.29, 0.717) is 5.56 Å². The van der Waals surface area contributed by atoms with Gasteiger partial charge in [-0.15, -0.1) is 0 Å². The van der Waals surface area contributed by atoms with Crippen LogP contribution in [-0.4, -0.2) is 5.91 Å². The Bertz CT molecular complexity index is 637. The quantitative estimate of drug-likeness (QED) is 0.877. The molecule has 0 radical (unpaired) electrons. The van der Waals surface area contributed by atoms with Crippen LogP contribution < -0.4 is 5.32 Å². The van der Waals surface area contributed by atoms with Gasteiger partial charge in [0.15, 0.2) is 0 Å². The Balaban J connectivity index is 2.15. The van der Waals surface area contributed by atoms with E-state index in [9.17, 15) is 4.79 Å². The van der Waals surface area contributed by atoms with Crippen molar-refractivity contribution < 1.29 is 4.79 Å². The molecule has 0 aliphatic rings. The third kappa shape index (κ3) is 3.28. The van der Waals surface area contributed by atoms with E-state index in [1.54, 1.807) is 0 Å². The maximum atomic E-state index is 12.3. The van der Waals surface area contributed by atoms with E-state index in [4.69, 9.17) is 0 Å². The lowest BCUT2D eigenvalue weighted by Gasteiger charge is -2.16. The fraction of sp³-hybridized carbons (Fsp3) is 0.235. The van der Waals surface area contributed by atoms with E-state index in [-0.39, 0.29) is 11.9 Å². The summed E-state index contributed by atoms with van der Waals surface area (Å²) in [6.07, 6.45) is 0. The minimum absolute atomic E-state index is 0.0195. The largest absolute Gasteiger partial charge is 0.345 e. The van der Waals surface area contributed by atoms with Gasteiger partial charge in [-0.25, -0.2) is 0 Å². The van der Waals surface area contributed by atoms with Crippen LogP contribution in [0.3, 0.4) is 0 Å². The minimum atomic E-state index is -0.0665. The van der Waals surface area contributed by atoms with Crippen molar-refractivity contribution >= 4 is 21.8 Å². The van der Waals surface area contributed by atoms with E-state index in [1.807, 2.05) is 31.2 Å². The third-order valence-electron chi connectivity index (χ3n) is 3.50. The molecule has 2 nitrogen and oxygen atoms in total. The summed E-state index contributed by atoms with van der Waals surface area (Å²) in [7, 11) is 0. The molecule has 1 N–H and O–H groups in total. The first-order chi connectivity index (χ1) is 9.49. The molecule has 0 spiro atoms. The van der Waals surface area contributed by atoms with Gasteiger partial charge in [0, 0.05) is 4.47 Å². The number of carbonyl (C=O) groups is 1. The van der Waals surface area contributed by atoms with Crippen LogP contribution in [-0.2, 0) is 0 Å². The second-order valence-electron chi connectivity index (χ2n) is 5.02. The van der Waals surface area contributed by atoms with E-state index in [1.165, 1.54) is 11.1 Å². The summed E-state index contributed by atoms with van der Waals surface area (Å²) in [6, 6.07) is 13.7. The SMILES string of the molecule is Cc1ccc([C@@H](C)NC(=O)c2ccccc2Br)cc1C. The number of carbonyl (C=O) groups excluding carboxylic acids is 1. The number of hydrogen-bond acceptors (Lipinski definition) is 1. The zero-order valence-corrected chi connectivity index (χ0v) is 13.5. The molecule has 20 heavy (non-hydrogen) atoms. The van der Waals surface area contributed by atoms with Gasteiger partial charge < -0.3 is 5.32 Å². The van der Waals surface area contributed by atoms with Crippen LogP contribution in [0.4, 0.5) is 0 Å². The second-order valence-corrected chi connectivity index (χ2v) is 5.87. The Morgan fingerprint density at radius 1 is 1.10 bits per heavy atom. The number of aryl methyl sites for hydroxylation is 2. The highest BCUT2D eigenvalue weighted by Crippen LogP contribution is 2.19. The molecule has 0 saturated carbocycles. The number of benzene rings is 2. The molecule has 2 aromatic carbocycles. The van der Waals surface area contributed by atoms with Crippen LogP contribution in [0.15, 0.2) is 46.9 Å². The molecule has 0 aliphatic heterocycles. The smallest absolute Gasteiger partial charge is 0.252 e. The van der Waals surface area contributed by atoms with Crippen molar-refractivity contribution in [2.75, 3.05) is 0 Å². The van der Waals surface area contributed by atoms with Gasteiger partial charge >= 0.3 is 0 Å². The van der Waals surface area contributed by atoms with Gasteiger partial charge in [-0.2, -0.15) is 0 Å². The van der Waals surface area contributed by atoms with Gasteiger partial charge in [0.25, 0.3) is 5.91 Å². The third-order valence-corrected chi connectivity index (χ3v) is 4.19. The number of halogens is 1. The van der Waals surface area contributed by atoms with Gasteiger partial charge in [-0.3, -0.25) is 4.79 Å². The molecule has 0 aromatic heterocycles. The second kappa shape index (κ2) is 6.23. The Kier molecular flexibility index (Phi) is 4.61. The lowest BCUT2D eigenvalue weighted by atomic mass is 10.0. The van der Waals surface area contributed by atoms with Crippen molar-refractivity contribution in [3.05, 3.63) is 69.2 Å². The Hall–Kier alpha value is -1.61. The van der Waals surface area contributed by atoms with E-state index >= 15 is 0 Å². The lowest BCUT2D eigenvalue weighted by molar-refractivity contribution is 0.0939. The first-order valence-corrected chi connectivity index (χ1v) is 7.41. The Morgan fingerprint density at radius 3 is 2.45 bits per heavy atom. The molecular weight excluding hydrogens is 314 g/mol. The highest BCUT2D eigenvalue weighted by atomic mass is 79.9. The van der Waals surface area contributed by atoms with E-state index < -0.39 is 0 Å². The predicted molar refractivity (Wildman–Crippen MR) is 85.9 cm³/mol. The number of nitrogens with one attached hydrogen (secondary N) is 1. The molecule has 0 unspecified atom stereocenters. The van der Waals surface area contributed by atoms with Crippen LogP contribution in [0, 0.1) is 13.8 Å². The first kappa shape index (κ1) is 14.8. The molecule has 2 rings (SSSR count). The highest BCUT2D eigenvalue weighted by molar-refractivity contribution is 9.10. The molecule has 0 aliphatic carbocycles. The summed E-state index contributed by atoms with van der Waals surface area (Å²) >= 11 is 3.40. The van der Waals surface area contributed by atoms with Gasteiger partial charge in [-0.05, 0) is 65.5 Å². The molecule has 104 valence electrons. The van der Waals surface area contributed by atoms with Crippen LogP contribution in [0.5, 0.6) is 0 Å². The van der Waals surface area contributed by atoms with E-state index in [0.717, 1.165) is 10.0 Å². The van der Waals surface area contributed by atoms with Crippen molar-refractivity contribution in [2.24, 2.45) is 0 Å². The van der Waals surface area contributed by atoms with Crippen LogP contribution in [0.2, 0.25) is 0 Å². The van der Waals surface area contributed by atoms with Crippen molar-refractivity contribution in [1.29, 1.82) is 0 Å². The number of amides is 1. The maximum absolute atomic E-state index is 12.3. The molecule has 2 aromatic rings. The average Bonchev–Trinajstić information content (AvgIpc) is 2.42. The molecule has 0 bridgehead atoms. The minimum Gasteiger partial charge on any atom is -0.345 e. The zero-order valence-electron chi connectivity index (χ0n) is 11.9. The summed E-state index contributed by atoms with van der Waals surface area (Å²) in [5.41, 5.74) is 4.28. The zero-order chi connectivity index (χ0) is 14.7. The summed E-state index contributed by atoms with van der Waals surface area (Å²) in [5.74, 6) is -0.0665. The Labute approximate surface area is 128 Å². The molecule has 0 saturated heterocycles. The predicted octanol–water partition coefficient (Wildman–Crippen LogP) is 4.56. The molecule has 3 heteroatoms. The summed E-state index contributed by atoms with van der Waals surface area (Å²) in [6.45, 7) is 6.17. The molecular formula is C17H18BrNO. The molecule has 1 atom stereocenters. The van der Waals surface area contributed by atoms with Gasteiger partial charge in [0.2, 0.25) is 0 Å². The van der Waals surface area contributed by atoms with Crippen molar-refractivity contribution in [1.82, 2.24) is 5.32 Å².